The molecule has 0 aromatic heterocycles. The summed E-state index contributed by atoms with van der Waals surface area (Å²) in [6.07, 6.45) is 12.9. The summed E-state index contributed by atoms with van der Waals surface area (Å²) in [5.41, 5.74) is 1.47. The number of rotatable bonds is 12. The highest BCUT2D eigenvalue weighted by molar-refractivity contribution is 5.84. The van der Waals surface area contributed by atoms with Crippen molar-refractivity contribution >= 4 is 17.8 Å². The van der Waals surface area contributed by atoms with Crippen molar-refractivity contribution in [1.82, 2.24) is 10.6 Å². The fraction of sp³-hybridized carbons (Fsp3) is 0.878. The van der Waals surface area contributed by atoms with Crippen LogP contribution in [0.4, 0.5) is 0 Å². The zero-order valence-electron chi connectivity index (χ0n) is 31.7. The lowest BCUT2D eigenvalue weighted by Gasteiger charge is -2.72. The lowest BCUT2D eigenvalue weighted by atomic mass is 9.32. The molecule has 1 unspecified atom stereocenters. The monoisotopic (exact) mass is 685 g/mol. The number of hydrogen-bond acceptors (Lipinski definition) is 5. The van der Waals surface area contributed by atoms with E-state index in [4.69, 9.17) is 0 Å². The standard InChI is InChI=1S/C41H68N2O6/c1-25(2)27-16-21-41(36(49)42-24-12-10-9-11-13-32(46)43-34(26(3)44)35(47)48)23-22-39(7)28(33(27)41)14-15-30-38(6)19-18-31(45)37(4,5)29(38)17-20-40(30,39)8/h26-31,33-34,44-45H,1,9-24H2,2-8H3,(H,42,49)(H,43,46)(H,47,48)/t26-,27+,28-,29+,30?,31+,33-,34+,38+,39-,40-,41+/m1/s1. The number of fused-ring (bicyclic) bond motifs is 7. The molecule has 5 rings (SSSR count). The summed E-state index contributed by atoms with van der Waals surface area (Å²) in [7, 11) is 0. The van der Waals surface area contributed by atoms with Gasteiger partial charge < -0.3 is 26.0 Å². The quantitative estimate of drug-likeness (QED) is 0.111. The van der Waals surface area contributed by atoms with E-state index < -0.39 is 18.1 Å². The zero-order chi connectivity index (χ0) is 36.2. The first kappa shape index (κ1) is 38.3. The fourth-order valence-electron chi connectivity index (χ4n) is 13.3. The molecular formula is C41H68N2O6. The van der Waals surface area contributed by atoms with Gasteiger partial charge in [0.2, 0.25) is 11.8 Å². The van der Waals surface area contributed by atoms with E-state index in [9.17, 15) is 29.7 Å². The summed E-state index contributed by atoms with van der Waals surface area (Å²) in [5, 5.41) is 35.6. The Kier molecular flexibility index (Phi) is 10.9. The molecule has 5 aliphatic rings. The van der Waals surface area contributed by atoms with Crippen molar-refractivity contribution in [2.75, 3.05) is 6.54 Å². The van der Waals surface area contributed by atoms with Gasteiger partial charge in [-0.05, 0) is 142 Å². The van der Waals surface area contributed by atoms with Gasteiger partial charge in [0, 0.05) is 13.0 Å². The number of nitrogens with one attached hydrogen (secondary N) is 2. The Hall–Kier alpha value is -1.93. The first-order chi connectivity index (χ1) is 22.9. The molecule has 0 aliphatic heterocycles. The second-order valence-electron chi connectivity index (χ2n) is 18.8. The molecule has 0 aromatic rings. The number of allylic oxidation sites excluding steroid dienone is 1. The van der Waals surface area contributed by atoms with Crippen LogP contribution in [0.1, 0.15) is 145 Å². The molecule has 0 spiro atoms. The number of aliphatic hydroxyl groups is 2. The lowest BCUT2D eigenvalue weighted by molar-refractivity contribution is -0.246. The van der Waals surface area contributed by atoms with Crippen molar-refractivity contribution < 1.29 is 29.7 Å². The summed E-state index contributed by atoms with van der Waals surface area (Å²) in [4.78, 5) is 37.8. The molecule has 49 heavy (non-hydrogen) atoms. The van der Waals surface area contributed by atoms with Gasteiger partial charge in [-0.2, -0.15) is 0 Å². The van der Waals surface area contributed by atoms with Crippen LogP contribution in [0, 0.1) is 56.7 Å². The third kappa shape index (κ3) is 6.31. The van der Waals surface area contributed by atoms with Crippen molar-refractivity contribution in [2.24, 2.45) is 56.7 Å². The van der Waals surface area contributed by atoms with Crippen LogP contribution >= 0.6 is 0 Å². The summed E-state index contributed by atoms with van der Waals surface area (Å²) < 4.78 is 0. The topological polar surface area (TPSA) is 136 Å². The van der Waals surface area contributed by atoms with Gasteiger partial charge in [-0.15, -0.1) is 0 Å². The minimum Gasteiger partial charge on any atom is -0.480 e. The number of aliphatic carboxylic acids is 1. The molecule has 5 fully saturated rings. The summed E-state index contributed by atoms with van der Waals surface area (Å²) >= 11 is 0. The Labute approximate surface area is 296 Å². The van der Waals surface area contributed by atoms with E-state index in [0.29, 0.717) is 42.6 Å². The molecule has 8 heteroatoms. The van der Waals surface area contributed by atoms with Crippen molar-refractivity contribution in [2.45, 2.75) is 163 Å². The van der Waals surface area contributed by atoms with Crippen molar-refractivity contribution in [3.63, 3.8) is 0 Å². The first-order valence-electron chi connectivity index (χ1n) is 19.7. The van der Waals surface area contributed by atoms with Crippen LogP contribution in [0.15, 0.2) is 12.2 Å². The van der Waals surface area contributed by atoms with E-state index in [-0.39, 0.29) is 51.4 Å². The molecular weight excluding hydrogens is 616 g/mol. The van der Waals surface area contributed by atoms with Crippen LogP contribution < -0.4 is 10.6 Å². The van der Waals surface area contributed by atoms with Gasteiger partial charge in [-0.25, -0.2) is 4.79 Å². The van der Waals surface area contributed by atoms with Crippen LogP contribution in [-0.2, 0) is 14.4 Å². The maximum absolute atomic E-state index is 14.4. The SMILES string of the molecule is C=C(C)[C@@H]1CC[C@]2(C(=O)NCCCCCCC(=O)N[C@H](C(=O)O)[C@@H](C)O)CC[C@]3(C)[C@H](CCC4[C@@]5(C)CC[C@H](O)C(C)(C)[C@@H]5CC[C@]43C)[C@@H]12. The van der Waals surface area contributed by atoms with Gasteiger partial charge in [0.1, 0.15) is 0 Å². The smallest absolute Gasteiger partial charge is 0.328 e. The molecule has 0 heterocycles. The maximum Gasteiger partial charge on any atom is 0.328 e. The molecule has 0 bridgehead atoms. The Morgan fingerprint density at radius 1 is 0.837 bits per heavy atom. The fourth-order valence-corrected chi connectivity index (χ4v) is 13.3. The number of aliphatic hydroxyl groups excluding tert-OH is 2. The van der Waals surface area contributed by atoms with Crippen LogP contribution in [0.3, 0.4) is 0 Å². The number of unbranched alkanes of at least 4 members (excludes halogenated alkanes) is 3. The lowest BCUT2D eigenvalue weighted by Crippen LogP contribution is -2.67. The number of carbonyl (C=O) groups excluding carboxylic acids is 2. The molecule has 5 aliphatic carbocycles. The highest BCUT2D eigenvalue weighted by Crippen LogP contribution is 2.77. The van der Waals surface area contributed by atoms with Gasteiger partial charge in [-0.3, -0.25) is 9.59 Å². The average Bonchev–Trinajstić information content (AvgIpc) is 3.43. The van der Waals surface area contributed by atoms with E-state index in [2.05, 4.69) is 58.8 Å². The van der Waals surface area contributed by atoms with E-state index in [1.54, 1.807) is 0 Å². The molecule has 8 nitrogen and oxygen atoms in total. The van der Waals surface area contributed by atoms with Gasteiger partial charge >= 0.3 is 5.97 Å². The zero-order valence-corrected chi connectivity index (χ0v) is 31.7. The second-order valence-corrected chi connectivity index (χ2v) is 18.8. The Morgan fingerprint density at radius 3 is 2.18 bits per heavy atom. The molecule has 5 N–H and O–H groups in total. The third-order valence-electron chi connectivity index (χ3n) is 16.2. The highest BCUT2D eigenvalue weighted by atomic mass is 16.4. The van der Waals surface area contributed by atoms with Crippen LogP contribution in [0.25, 0.3) is 0 Å². The van der Waals surface area contributed by atoms with Crippen LogP contribution in [0.2, 0.25) is 0 Å². The average molecular weight is 685 g/mol. The van der Waals surface area contributed by atoms with Crippen LogP contribution in [0.5, 0.6) is 0 Å². The number of amides is 2. The summed E-state index contributed by atoms with van der Waals surface area (Å²) in [5.74, 6) is 1.03. The van der Waals surface area contributed by atoms with E-state index in [1.807, 2.05) is 0 Å². The van der Waals surface area contributed by atoms with Gasteiger partial charge in [0.15, 0.2) is 6.04 Å². The van der Waals surface area contributed by atoms with Crippen molar-refractivity contribution in [3.05, 3.63) is 12.2 Å². The van der Waals surface area contributed by atoms with E-state index >= 15 is 0 Å². The van der Waals surface area contributed by atoms with Crippen molar-refractivity contribution in [1.29, 1.82) is 0 Å². The number of carboxylic acid groups (broad SMARTS) is 1. The second kappa shape index (κ2) is 13.9. The summed E-state index contributed by atoms with van der Waals surface area (Å²) in [6, 6.07) is -1.29. The molecule has 0 aromatic carbocycles. The maximum atomic E-state index is 14.4. The van der Waals surface area contributed by atoms with E-state index in [1.165, 1.54) is 38.2 Å². The van der Waals surface area contributed by atoms with Crippen molar-refractivity contribution in [3.8, 4) is 0 Å². The molecule has 2 amide bonds. The largest absolute Gasteiger partial charge is 0.480 e. The van der Waals surface area contributed by atoms with Gasteiger partial charge in [0.05, 0.1) is 17.6 Å². The van der Waals surface area contributed by atoms with Gasteiger partial charge in [0.25, 0.3) is 0 Å². The highest BCUT2D eigenvalue weighted by Gasteiger charge is 2.71. The Balaban J connectivity index is 1.23. The number of hydrogen-bond donors (Lipinski definition) is 5. The predicted octanol–water partition coefficient (Wildman–Crippen LogP) is 7.02. The Bertz CT molecular complexity index is 1280. The number of carbonyl (C=O) groups is 3. The molecule has 0 radical (unpaired) electrons. The van der Waals surface area contributed by atoms with Gasteiger partial charge in [-0.1, -0.05) is 59.6 Å². The minimum absolute atomic E-state index is 0.0538. The third-order valence-corrected chi connectivity index (χ3v) is 16.2. The normalized spacial score (nSPS) is 42.0. The Morgan fingerprint density at radius 2 is 1.53 bits per heavy atom. The molecule has 0 saturated heterocycles. The molecule has 278 valence electrons. The predicted molar refractivity (Wildman–Crippen MR) is 192 cm³/mol. The van der Waals surface area contributed by atoms with E-state index in [0.717, 1.165) is 57.8 Å². The number of carboxylic acids is 1. The minimum atomic E-state index is -1.29. The molecule has 5 saturated carbocycles. The van der Waals surface area contributed by atoms with Crippen LogP contribution in [-0.4, -0.2) is 57.9 Å². The summed E-state index contributed by atoms with van der Waals surface area (Å²) in [6.45, 7) is 21.1. The first-order valence-corrected chi connectivity index (χ1v) is 19.7. The molecule has 12 atom stereocenters.